The van der Waals surface area contributed by atoms with Crippen LogP contribution in [-0.2, 0) is 4.79 Å². The third-order valence-electron chi connectivity index (χ3n) is 2.55. The van der Waals surface area contributed by atoms with Gasteiger partial charge in [0, 0.05) is 11.3 Å². The van der Waals surface area contributed by atoms with Gasteiger partial charge in [-0.15, -0.1) is 0 Å². The van der Waals surface area contributed by atoms with E-state index in [0.717, 1.165) is 0 Å². The van der Waals surface area contributed by atoms with E-state index in [1.165, 1.54) is 6.92 Å². The minimum absolute atomic E-state index is 0.00445. The summed E-state index contributed by atoms with van der Waals surface area (Å²) in [6.07, 6.45) is 0. The third kappa shape index (κ3) is 3.59. The fourth-order valence-corrected chi connectivity index (χ4v) is 1.49. The minimum Gasteiger partial charge on any atom is -0.480 e. The highest BCUT2D eigenvalue weighted by atomic mass is 16.4. The molecular weight excluding hydrogens is 218 g/mol. The number of nitrogens with one attached hydrogen (secondary N) is 1. The van der Waals surface area contributed by atoms with Crippen molar-refractivity contribution in [2.75, 3.05) is 5.32 Å². The predicted molar refractivity (Wildman–Crippen MR) is 66.3 cm³/mol. The quantitative estimate of drug-likeness (QED) is 0.769. The molecule has 1 rings (SSSR count). The van der Waals surface area contributed by atoms with Gasteiger partial charge >= 0.3 is 5.97 Å². The first-order chi connectivity index (χ1) is 7.91. The normalized spacial score (nSPS) is 12.2. The Morgan fingerprint density at radius 2 is 1.71 bits per heavy atom. The molecule has 0 radical (unpaired) electrons. The summed E-state index contributed by atoms with van der Waals surface area (Å²) in [5.74, 6) is -0.897. The highest BCUT2D eigenvalue weighted by Gasteiger charge is 2.20. The molecule has 1 aromatic rings. The Labute approximate surface area is 101 Å². The molecule has 0 saturated carbocycles. The van der Waals surface area contributed by atoms with Crippen LogP contribution in [0.5, 0.6) is 0 Å². The van der Waals surface area contributed by atoms with Crippen molar-refractivity contribution in [2.45, 2.75) is 26.8 Å². The second-order valence-electron chi connectivity index (χ2n) is 4.34. The van der Waals surface area contributed by atoms with Gasteiger partial charge in [0.05, 0.1) is 0 Å². The summed E-state index contributed by atoms with van der Waals surface area (Å²) < 4.78 is 0. The molecule has 0 aliphatic heterocycles. The summed E-state index contributed by atoms with van der Waals surface area (Å²) in [6, 6.07) is 6.18. The van der Waals surface area contributed by atoms with Gasteiger partial charge in [0.1, 0.15) is 6.04 Å². The van der Waals surface area contributed by atoms with E-state index in [9.17, 15) is 9.59 Å². The summed E-state index contributed by atoms with van der Waals surface area (Å²) in [6.45, 7) is 5.18. The molecule has 1 atom stereocenters. The monoisotopic (exact) mass is 235 g/mol. The Bertz CT molecular complexity index is 409. The van der Waals surface area contributed by atoms with Crippen LogP contribution in [0.2, 0.25) is 0 Å². The molecule has 0 saturated heterocycles. The van der Waals surface area contributed by atoms with Crippen LogP contribution >= 0.6 is 0 Å². The zero-order valence-corrected chi connectivity index (χ0v) is 10.2. The van der Waals surface area contributed by atoms with E-state index in [1.807, 2.05) is 13.8 Å². The Morgan fingerprint density at radius 3 is 2.06 bits per heavy atom. The number of aliphatic carboxylic acids is 1. The average Bonchev–Trinajstić information content (AvgIpc) is 2.25. The summed E-state index contributed by atoms with van der Waals surface area (Å²) in [7, 11) is 0. The maximum atomic E-state index is 11.1. The molecule has 17 heavy (non-hydrogen) atoms. The van der Waals surface area contributed by atoms with Gasteiger partial charge in [-0.1, -0.05) is 13.8 Å². The summed E-state index contributed by atoms with van der Waals surface area (Å²) >= 11 is 0. The van der Waals surface area contributed by atoms with Crippen molar-refractivity contribution in [2.24, 2.45) is 5.92 Å². The van der Waals surface area contributed by atoms with Gasteiger partial charge < -0.3 is 10.4 Å². The molecule has 4 heteroatoms. The number of Topliss-reactive ketones (excluding diaryl/α,β-unsaturated/α-hetero) is 1. The third-order valence-corrected chi connectivity index (χ3v) is 2.55. The molecule has 4 nitrogen and oxygen atoms in total. The van der Waals surface area contributed by atoms with Gasteiger partial charge in [0.25, 0.3) is 0 Å². The number of carbonyl (C=O) groups excluding carboxylic acids is 1. The number of benzene rings is 1. The van der Waals surface area contributed by atoms with E-state index in [-0.39, 0.29) is 11.7 Å². The lowest BCUT2D eigenvalue weighted by Gasteiger charge is -2.19. The van der Waals surface area contributed by atoms with Crippen LogP contribution in [0.3, 0.4) is 0 Å². The molecule has 0 aliphatic carbocycles. The van der Waals surface area contributed by atoms with Gasteiger partial charge in [-0.05, 0) is 37.1 Å². The van der Waals surface area contributed by atoms with E-state index in [0.29, 0.717) is 11.3 Å². The van der Waals surface area contributed by atoms with E-state index >= 15 is 0 Å². The molecule has 0 heterocycles. The van der Waals surface area contributed by atoms with Crippen LogP contribution in [0.4, 0.5) is 5.69 Å². The zero-order chi connectivity index (χ0) is 13.0. The highest BCUT2D eigenvalue weighted by Crippen LogP contribution is 2.14. The Balaban J connectivity index is 2.80. The molecule has 0 aromatic heterocycles. The zero-order valence-electron chi connectivity index (χ0n) is 10.2. The lowest BCUT2D eigenvalue weighted by Crippen LogP contribution is -2.34. The molecule has 0 bridgehead atoms. The lowest BCUT2D eigenvalue weighted by molar-refractivity contribution is -0.138. The van der Waals surface area contributed by atoms with Crippen molar-refractivity contribution in [1.82, 2.24) is 0 Å². The first kappa shape index (κ1) is 13.2. The molecule has 1 unspecified atom stereocenters. The number of ketones is 1. The Morgan fingerprint density at radius 1 is 1.18 bits per heavy atom. The molecule has 0 spiro atoms. The van der Waals surface area contributed by atoms with E-state index < -0.39 is 12.0 Å². The second-order valence-corrected chi connectivity index (χ2v) is 4.34. The summed E-state index contributed by atoms with van der Waals surface area (Å²) in [5.41, 5.74) is 1.32. The van der Waals surface area contributed by atoms with Gasteiger partial charge in [-0.3, -0.25) is 4.79 Å². The smallest absolute Gasteiger partial charge is 0.326 e. The molecule has 0 fully saturated rings. The number of hydrogen-bond donors (Lipinski definition) is 2. The molecule has 0 amide bonds. The lowest BCUT2D eigenvalue weighted by atomic mass is 10.0. The molecule has 92 valence electrons. The van der Waals surface area contributed by atoms with Crippen LogP contribution in [-0.4, -0.2) is 22.9 Å². The predicted octanol–water partition coefficient (Wildman–Crippen LogP) is 2.41. The molecule has 1 aromatic carbocycles. The van der Waals surface area contributed by atoms with Crippen LogP contribution in [0.1, 0.15) is 31.1 Å². The number of carbonyl (C=O) groups is 2. The van der Waals surface area contributed by atoms with E-state index in [4.69, 9.17) is 5.11 Å². The largest absolute Gasteiger partial charge is 0.480 e. The van der Waals surface area contributed by atoms with Crippen molar-refractivity contribution in [3.8, 4) is 0 Å². The molecular formula is C13H17NO3. The standard InChI is InChI=1S/C13H17NO3/c1-8(2)12(13(16)17)14-11-6-4-10(5-7-11)9(3)15/h4-8,12,14H,1-3H3,(H,16,17). The van der Waals surface area contributed by atoms with E-state index in [1.54, 1.807) is 24.3 Å². The Hall–Kier alpha value is -1.84. The van der Waals surface area contributed by atoms with Gasteiger partial charge in [0.2, 0.25) is 0 Å². The Kier molecular flexibility index (Phi) is 4.26. The first-order valence-corrected chi connectivity index (χ1v) is 5.52. The minimum atomic E-state index is -0.879. The maximum Gasteiger partial charge on any atom is 0.326 e. The molecule has 0 aliphatic rings. The first-order valence-electron chi connectivity index (χ1n) is 5.52. The van der Waals surface area contributed by atoms with Crippen molar-refractivity contribution in [3.63, 3.8) is 0 Å². The molecule has 2 N–H and O–H groups in total. The maximum absolute atomic E-state index is 11.1. The van der Waals surface area contributed by atoms with E-state index in [2.05, 4.69) is 5.32 Å². The van der Waals surface area contributed by atoms with Gasteiger partial charge in [-0.2, -0.15) is 0 Å². The SMILES string of the molecule is CC(=O)c1ccc(NC(C(=O)O)C(C)C)cc1. The summed E-state index contributed by atoms with van der Waals surface area (Å²) in [5, 5.41) is 12.0. The van der Waals surface area contributed by atoms with Crippen molar-refractivity contribution < 1.29 is 14.7 Å². The fraction of sp³-hybridized carbons (Fsp3) is 0.385. The van der Waals surface area contributed by atoms with Crippen LogP contribution in [0.15, 0.2) is 24.3 Å². The number of hydrogen-bond acceptors (Lipinski definition) is 3. The van der Waals surface area contributed by atoms with Crippen molar-refractivity contribution >= 4 is 17.4 Å². The number of rotatable bonds is 5. The van der Waals surface area contributed by atoms with Gasteiger partial charge in [-0.25, -0.2) is 4.79 Å². The number of anilines is 1. The van der Waals surface area contributed by atoms with Crippen molar-refractivity contribution in [1.29, 1.82) is 0 Å². The van der Waals surface area contributed by atoms with Gasteiger partial charge in [0.15, 0.2) is 5.78 Å². The summed E-state index contributed by atoms with van der Waals surface area (Å²) in [4.78, 5) is 22.1. The van der Waals surface area contributed by atoms with Crippen molar-refractivity contribution in [3.05, 3.63) is 29.8 Å². The topological polar surface area (TPSA) is 66.4 Å². The average molecular weight is 235 g/mol. The van der Waals surface area contributed by atoms with Crippen LogP contribution in [0, 0.1) is 5.92 Å². The fourth-order valence-electron chi connectivity index (χ4n) is 1.49. The number of carboxylic acid groups (broad SMARTS) is 1. The van der Waals surface area contributed by atoms with Crippen LogP contribution in [0.25, 0.3) is 0 Å². The highest BCUT2D eigenvalue weighted by molar-refractivity contribution is 5.94. The second kappa shape index (κ2) is 5.48. The van der Waals surface area contributed by atoms with Crippen LogP contribution < -0.4 is 5.32 Å². The number of carboxylic acids is 1.